The fourth-order valence-electron chi connectivity index (χ4n) is 2.84. The van der Waals surface area contributed by atoms with Crippen LogP contribution in [0.1, 0.15) is 25.0 Å². The van der Waals surface area contributed by atoms with Crippen LogP contribution in [0, 0.1) is 0 Å². The lowest BCUT2D eigenvalue weighted by Gasteiger charge is -2.34. The normalized spacial score (nSPS) is 19.2. The van der Waals surface area contributed by atoms with Crippen molar-refractivity contribution in [2.24, 2.45) is 5.73 Å². The second kappa shape index (κ2) is 7.59. The maximum atomic E-state index is 5.86. The molecule has 2 heterocycles. The van der Waals surface area contributed by atoms with Crippen molar-refractivity contribution in [2.75, 3.05) is 13.1 Å². The summed E-state index contributed by atoms with van der Waals surface area (Å²) in [4.78, 5) is 7.02. The highest BCUT2D eigenvalue weighted by molar-refractivity contribution is 5.85. The van der Waals surface area contributed by atoms with E-state index in [-0.39, 0.29) is 12.4 Å². The molecule has 0 aliphatic carbocycles. The van der Waals surface area contributed by atoms with Crippen LogP contribution >= 0.6 is 12.4 Å². The second-order valence-corrected chi connectivity index (χ2v) is 5.37. The van der Waals surface area contributed by atoms with Crippen LogP contribution in [0.5, 0.6) is 0 Å². The quantitative estimate of drug-likeness (QED) is 0.943. The van der Waals surface area contributed by atoms with Gasteiger partial charge in [-0.05, 0) is 31.5 Å². The van der Waals surface area contributed by atoms with Crippen LogP contribution in [-0.4, -0.2) is 29.0 Å². The molecule has 1 aromatic carbocycles. The Bertz CT molecular complexity index is 543. The third-order valence-electron chi connectivity index (χ3n) is 3.96. The van der Waals surface area contributed by atoms with Gasteiger partial charge in [0.15, 0.2) is 0 Å². The Morgan fingerprint density at radius 2 is 2.05 bits per heavy atom. The predicted molar refractivity (Wildman–Crippen MR) is 86.3 cm³/mol. The average Bonchev–Trinajstić information content (AvgIpc) is 2.97. The van der Waals surface area contributed by atoms with Crippen molar-refractivity contribution in [3.05, 3.63) is 42.3 Å². The first-order chi connectivity index (χ1) is 9.86. The smallest absolute Gasteiger partial charge is 0.226 e. The number of piperidine rings is 1. The predicted octanol–water partition coefficient (Wildman–Crippen LogP) is 3.08. The van der Waals surface area contributed by atoms with E-state index in [0.29, 0.717) is 11.9 Å². The van der Waals surface area contributed by atoms with Crippen molar-refractivity contribution in [2.45, 2.75) is 31.8 Å². The Morgan fingerprint density at radius 3 is 2.81 bits per heavy atom. The molecule has 114 valence electrons. The van der Waals surface area contributed by atoms with E-state index in [1.807, 2.05) is 30.3 Å². The van der Waals surface area contributed by atoms with Crippen LogP contribution in [0.3, 0.4) is 0 Å². The van der Waals surface area contributed by atoms with Gasteiger partial charge in [-0.1, -0.05) is 24.6 Å². The molecule has 1 aliphatic rings. The number of nitrogens with two attached hydrogens (primary N) is 1. The van der Waals surface area contributed by atoms with Crippen LogP contribution in [0.25, 0.3) is 11.5 Å². The molecule has 0 amide bonds. The van der Waals surface area contributed by atoms with Gasteiger partial charge in [-0.2, -0.15) is 0 Å². The van der Waals surface area contributed by atoms with Crippen LogP contribution < -0.4 is 5.73 Å². The Hall–Kier alpha value is -1.36. The zero-order valence-corrected chi connectivity index (χ0v) is 12.9. The van der Waals surface area contributed by atoms with Crippen molar-refractivity contribution in [1.82, 2.24) is 9.88 Å². The topological polar surface area (TPSA) is 55.3 Å². The molecule has 4 nitrogen and oxygen atoms in total. The largest absolute Gasteiger partial charge is 0.444 e. The number of likely N-dealkylation sites (tertiary alicyclic amines) is 1. The molecule has 0 bridgehead atoms. The van der Waals surface area contributed by atoms with Crippen LogP contribution in [0.4, 0.5) is 0 Å². The maximum absolute atomic E-state index is 5.86. The van der Waals surface area contributed by atoms with E-state index in [2.05, 4.69) is 9.88 Å². The minimum Gasteiger partial charge on any atom is -0.444 e. The van der Waals surface area contributed by atoms with Gasteiger partial charge in [-0.25, -0.2) is 4.98 Å². The summed E-state index contributed by atoms with van der Waals surface area (Å²) >= 11 is 0. The Morgan fingerprint density at radius 1 is 1.24 bits per heavy atom. The van der Waals surface area contributed by atoms with E-state index in [4.69, 9.17) is 10.2 Å². The summed E-state index contributed by atoms with van der Waals surface area (Å²) in [5.41, 5.74) is 7.87. The zero-order chi connectivity index (χ0) is 13.8. The van der Waals surface area contributed by atoms with E-state index in [1.54, 1.807) is 6.26 Å². The van der Waals surface area contributed by atoms with E-state index in [0.717, 1.165) is 30.9 Å². The number of nitrogens with zero attached hydrogens (tertiary/aromatic N) is 2. The molecule has 1 saturated heterocycles. The van der Waals surface area contributed by atoms with Crippen LogP contribution in [0.2, 0.25) is 0 Å². The maximum Gasteiger partial charge on any atom is 0.226 e. The molecule has 21 heavy (non-hydrogen) atoms. The second-order valence-electron chi connectivity index (χ2n) is 5.37. The Kier molecular flexibility index (Phi) is 5.79. The average molecular weight is 308 g/mol. The van der Waals surface area contributed by atoms with Crippen LogP contribution in [0.15, 0.2) is 41.0 Å². The summed E-state index contributed by atoms with van der Waals surface area (Å²) in [6.45, 7) is 2.66. The SMILES string of the molecule is Cl.NCC1CCCCN1Cc1coc(-c2ccccc2)n1. The van der Waals surface area contributed by atoms with Gasteiger partial charge in [0, 0.05) is 24.7 Å². The minimum atomic E-state index is 0. The number of hydrogen-bond acceptors (Lipinski definition) is 4. The lowest BCUT2D eigenvalue weighted by atomic mass is 10.0. The summed E-state index contributed by atoms with van der Waals surface area (Å²) in [5.74, 6) is 0.696. The summed E-state index contributed by atoms with van der Waals surface area (Å²) < 4.78 is 5.59. The lowest BCUT2D eigenvalue weighted by Crippen LogP contribution is -2.43. The van der Waals surface area contributed by atoms with Gasteiger partial charge in [-0.15, -0.1) is 12.4 Å². The first-order valence-electron chi connectivity index (χ1n) is 7.31. The molecule has 2 aromatic rings. The molecule has 1 unspecified atom stereocenters. The number of hydrogen-bond donors (Lipinski definition) is 1. The van der Waals surface area contributed by atoms with Gasteiger partial charge >= 0.3 is 0 Å². The molecule has 1 atom stereocenters. The molecular formula is C16H22ClN3O. The molecule has 0 radical (unpaired) electrons. The molecular weight excluding hydrogens is 286 g/mol. The molecule has 0 spiro atoms. The number of aromatic nitrogens is 1. The van der Waals surface area contributed by atoms with Crippen LogP contribution in [-0.2, 0) is 6.54 Å². The molecule has 1 fully saturated rings. The number of benzene rings is 1. The highest BCUT2D eigenvalue weighted by Crippen LogP contribution is 2.21. The van der Waals surface area contributed by atoms with Gasteiger partial charge in [0.1, 0.15) is 6.26 Å². The van der Waals surface area contributed by atoms with Gasteiger partial charge in [-0.3, -0.25) is 4.90 Å². The fourth-order valence-corrected chi connectivity index (χ4v) is 2.84. The summed E-state index contributed by atoms with van der Waals surface area (Å²) in [6, 6.07) is 10.5. The minimum absolute atomic E-state index is 0. The third-order valence-corrected chi connectivity index (χ3v) is 3.96. The number of halogens is 1. The molecule has 5 heteroatoms. The monoisotopic (exact) mass is 307 g/mol. The van der Waals surface area contributed by atoms with Crippen molar-refractivity contribution in [1.29, 1.82) is 0 Å². The molecule has 3 rings (SSSR count). The lowest BCUT2D eigenvalue weighted by molar-refractivity contribution is 0.143. The molecule has 1 aliphatic heterocycles. The first kappa shape index (κ1) is 16.0. The van der Waals surface area contributed by atoms with Gasteiger partial charge in [0.25, 0.3) is 0 Å². The summed E-state index contributed by atoms with van der Waals surface area (Å²) in [7, 11) is 0. The number of oxazole rings is 1. The number of rotatable bonds is 4. The van der Waals surface area contributed by atoms with Gasteiger partial charge in [0.2, 0.25) is 5.89 Å². The molecule has 2 N–H and O–H groups in total. The van der Waals surface area contributed by atoms with E-state index in [1.165, 1.54) is 19.3 Å². The highest BCUT2D eigenvalue weighted by Gasteiger charge is 2.22. The van der Waals surface area contributed by atoms with Crippen molar-refractivity contribution < 1.29 is 4.42 Å². The first-order valence-corrected chi connectivity index (χ1v) is 7.31. The van der Waals surface area contributed by atoms with E-state index in [9.17, 15) is 0 Å². The van der Waals surface area contributed by atoms with Crippen molar-refractivity contribution >= 4 is 12.4 Å². The third kappa shape index (κ3) is 3.84. The fraction of sp³-hybridized carbons (Fsp3) is 0.438. The van der Waals surface area contributed by atoms with E-state index < -0.39 is 0 Å². The Balaban J connectivity index is 0.00000161. The summed E-state index contributed by atoms with van der Waals surface area (Å²) in [5, 5.41) is 0. The highest BCUT2D eigenvalue weighted by atomic mass is 35.5. The molecule has 0 saturated carbocycles. The summed E-state index contributed by atoms with van der Waals surface area (Å²) in [6.07, 6.45) is 5.50. The standard InChI is InChI=1S/C16H21N3O.ClH/c17-10-15-8-4-5-9-19(15)11-14-12-20-16(18-14)13-6-2-1-3-7-13;/h1-3,6-7,12,15H,4-5,8-11,17H2;1H. The van der Waals surface area contributed by atoms with Gasteiger partial charge in [0.05, 0.1) is 5.69 Å². The molecule has 1 aromatic heterocycles. The zero-order valence-electron chi connectivity index (χ0n) is 12.1. The van der Waals surface area contributed by atoms with Crippen molar-refractivity contribution in [3.8, 4) is 11.5 Å². The Labute approximate surface area is 131 Å². The van der Waals surface area contributed by atoms with Gasteiger partial charge < -0.3 is 10.2 Å². The van der Waals surface area contributed by atoms with E-state index >= 15 is 0 Å². The van der Waals surface area contributed by atoms with Crippen molar-refractivity contribution in [3.63, 3.8) is 0 Å².